The van der Waals surface area contributed by atoms with Gasteiger partial charge in [-0.05, 0) is 32.1 Å². The summed E-state index contributed by atoms with van der Waals surface area (Å²) in [6.45, 7) is 0.488. The Hall–Kier alpha value is -4.21. The van der Waals surface area contributed by atoms with E-state index in [-0.39, 0.29) is 44.7 Å². The van der Waals surface area contributed by atoms with Crippen molar-refractivity contribution < 1.29 is 29.1 Å². The SMILES string of the molecule is NC(=O)CCC(NC(=O)C(N)CCCN=C(N)N)C(=O)NC(Cc1cnc[nH]1)C(=O)N1CCCC1C(=O)O. The Morgan fingerprint density at radius 2 is 1.84 bits per heavy atom. The Bertz CT molecular complexity index is 1010. The van der Waals surface area contributed by atoms with Gasteiger partial charge in [-0.2, -0.15) is 0 Å². The number of aromatic amines is 1. The minimum absolute atomic E-state index is 0.00575. The second-order valence-corrected chi connectivity index (χ2v) is 8.99. The van der Waals surface area contributed by atoms with E-state index in [1.165, 1.54) is 17.4 Å². The highest BCUT2D eigenvalue weighted by atomic mass is 16.4. The van der Waals surface area contributed by atoms with Crippen LogP contribution in [-0.4, -0.2) is 92.8 Å². The number of carbonyl (C=O) groups excluding carboxylic acids is 4. The molecule has 1 aliphatic rings. The third kappa shape index (κ3) is 9.34. The zero-order valence-corrected chi connectivity index (χ0v) is 21.0. The van der Waals surface area contributed by atoms with Gasteiger partial charge in [0.15, 0.2) is 5.96 Å². The number of aliphatic imine (C=N–C) groups is 1. The van der Waals surface area contributed by atoms with Crippen LogP contribution in [0.15, 0.2) is 17.5 Å². The molecule has 0 aliphatic carbocycles. The second-order valence-electron chi connectivity index (χ2n) is 8.99. The number of H-pyrrole nitrogens is 1. The highest BCUT2D eigenvalue weighted by molar-refractivity contribution is 5.94. The molecule has 4 atom stereocenters. The van der Waals surface area contributed by atoms with E-state index in [9.17, 15) is 29.1 Å². The molecule has 12 N–H and O–H groups in total. The number of carboxylic acids is 1. The smallest absolute Gasteiger partial charge is 0.326 e. The van der Waals surface area contributed by atoms with Crippen molar-refractivity contribution in [3.05, 3.63) is 18.2 Å². The Balaban J connectivity index is 2.15. The van der Waals surface area contributed by atoms with Crippen molar-refractivity contribution in [1.29, 1.82) is 0 Å². The lowest BCUT2D eigenvalue weighted by Crippen LogP contribution is -2.57. The number of amides is 4. The molecule has 1 saturated heterocycles. The third-order valence-electron chi connectivity index (χ3n) is 6.03. The van der Waals surface area contributed by atoms with Gasteiger partial charge in [0.2, 0.25) is 23.6 Å². The molecule has 2 heterocycles. The van der Waals surface area contributed by atoms with Crippen LogP contribution in [0.5, 0.6) is 0 Å². The molecule has 1 aromatic heterocycles. The summed E-state index contributed by atoms with van der Waals surface area (Å²) in [5.74, 6) is -3.91. The van der Waals surface area contributed by atoms with E-state index >= 15 is 0 Å². The normalized spacial score (nSPS) is 17.2. The number of aromatic nitrogens is 2. The number of hydrogen-bond acceptors (Lipinski definition) is 8. The predicted octanol–water partition coefficient (Wildman–Crippen LogP) is -3.36. The number of hydrogen-bond donors (Lipinski definition) is 8. The summed E-state index contributed by atoms with van der Waals surface area (Å²) in [5, 5.41) is 14.6. The summed E-state index contributed by atoms with van der Waals surface area (Å²) in [6.07, 6.45) is 3.94. The van der Waals surface area contributed by atoms with Crippen molar-refractivity contribution in [2.45, 2.75) is 69.1 Å². The average Bonchev–Trinajstić information content (AvgIpc) is 3.55. The van der Waals surface area contributed by atoms with Crippen LogP contribution in [0.1, 0.15) is 44.2 Å². The molecule has 210 valence electrons. The summed E-state index contributed by atoms with van der Waals surface area (Å²) in [5.41, 5.74) is 22.2. The molecule has 1 aliphatic heterocycles. The molecule has 16 nitrogen and oxygen atoms in total. The fourth-order valence-corrected chi connectivity index (χ4v) is 4.06. The summed E-state index contributed by atoms with van der Waals surface area (Å²) >= 11 is 0. The molecular weight excluding hydrogens is 500 g/mol. The van der Waals surface area contributed by atoms with Crippen LogP contribution < -0.4 is 33.6 Å². The number of nitrogens with two attached hydrogens (primary N) is 4. The lowest BCUT2D eigenvalue weighted by molar-refractivity contribution is -0.149. The maximum absolute atomic E-state index is 13.3. The highest BCUT2D eigenvalue weighted by Crippen LogP contribution is 2.19. The molecule has 0 radical (unpaired) electrons. The predicted molar refractivity (Wildman–Crippen MR) is 135 cm³/mol. The first-order chi connectivity index (χ1) is 18.0. The highest BCUT2D eigenvalue weighted by Gasteiger charge is 2.38. The zero-order valence-electron chi connectivity index (χ0n) is 21.0. The average molecular weight is 537 g/mol. The maximum Gasteiger partial charge on any atom is 0.326 e. The second kappa shape index (κ2) is 14.5. The van der Waals surface area contributed by atoms with Crippen LogP contribution in [0.3, 0.4) is 0 Å². The molecule has 4 unspecified atom stereocenters. The summed E-state index contributed by atoms with van der Waals surface area (Å²) in [6, 6.07) is -4.39. The van der Waals surface area contributed by atoms with Gasteiger partial charge in [0.1, 0.15) is 18.1 Å². The van der Waals surface area contributed by atoms with Crippen LogP contribution in [0, 0.1) is 0 Å². The van der Waals surface area contributed by atoms with Gasteiger partial charge in [-0.25, -0.2) is 9.78 Å². The Morgan fingerprint density at radius 3 is 2.45 bits per heavy atom. The monoisotopic (exact) mass is 536 g/mol. The van der Waals surface area contributed by atoms with Gasteiger partial charge in [-0.1, -0.05) is 0 Å². The van der Waals surface area contributed by atoms with Crippen LogP contribution in [0.2, 0.25) is 0 Å². The van der Waals surface area contributed by atoms with Crippen molar-refractivity contribution in [3.63, 3.8) is 0 Å². The maximum atomic E-state index is 13.3. The number of aliphatic carboxylic acids is 1. The first kappa shape index (κ1) is 30.0. The van der Waals surface area contributed by atoms with Crippen molar-refractivity contribution in [1.82, 2.24) is 25.5 Å². The fourth-order valence-electron chi connectivity index (χ4n) is 4.06. The van der Waals surface area contributed by atoms with Gasteiger partial charge in [0.25, 0.3) is 0 Å². The molecule has 0 spiro atoms. The largest absolute Gasteiger partial charge is 0.480 e. The first-order valence-electron chi connectivity index (χ1n) is 12.2. The number of guanidine groups is 1. The van der Waals surface area contributed by atoms with Crippen molar-refractivity contribution >= 4 is 35.6 Å². The molecule has 0 bridgehead atoms. The Labute approximate surface area is 219 Å². The number of likely N-dealkylation sites (tertiary alicyclic amines) is 1. The molecular formula is C22H36N10O6. The number of carboxylic acid groups (broad SMARTS) is 1. The van der Waals surface area contributed by atoms with Crippen LogP contribution >= 0.6 is 0 Å². The van der Waals surface area contributed by atoms with Crippen LogP contribution in [0.4, 0.5) is 0 Å². The summed E-state index contributed by atoms with van der Waals surface area (Å²) < 4.78 is 0. The van der Waals surface area contributed by atoms with E-state index in [0.29, 0.717) is 25.0 Å². The van der Waals surface area contributed by atoms with Gasteiger partial charge in [0.05, 0.1) is 12.4 Å². The van der Waals surface area contributed by atoms with Crippen molar-refractivity contribution in [3.8, 4) is 0 Å². The van der Waals surface area contributed by atoms with Crippen molar-refractivity contribution in [2.75, 3.05) is 13.1 Å². The number of nitrogens with one attached hydrogen (secondary N) is 3. The lowest BCUT2D eigenvalue weighted by Gasteiger charge is -2.28. The number of primary amides is 1. The van der Waals surface area contributed by atoms with E-state index in [0.717, 1.165) is 0 Å². The standard InChI is InChI=1S/C22H36N10O6/c23-13(3-1-7-28-22(25)26)18(34)30-14(5-6-17(24)33)19(35)31-15(9-12-10-27-11-29-12)20(36)32-8-2-4-16(32)21(37)38/h10-11,13-16H,1-9,23H2,(H2,24,33)(H,27,29)(H,30,34)(H,31,35)(H,37,38)(H4,25,26,28). The van der Waals surface area contributed by atoms with Gasteiger partial charge >= 0.3 is 5.97 Å². The Kier molecular flexibility index (Phi) is 11.5. The molecule has 4 amide bonds. The van der Waals surface area contributed by atoms with E-state index in [1.807, 2.05) is 0 Å². The minimum atomic E-state index is -1.23. The van der Waals surface area contributed by atoms with Crippen molar-refractivity contribution in [2.24, 2.45) is 27.9 Å². The summed E-state index contributed by atoms with van der Waals surface area (Å²) in [7, 11) is 0. The van der Waals surface area contributed by atoms with E-state index in [4.69, 9.17) is 22.9 Å². The molecule has 1 fully saturated rings. The fraction of sp³-hybridized carbons (Fsp3) is 0.591. The molecule has 1 aromatic rings. The van der Waals surface area contributed by atoms with Gasteiger partial charge in [-0.15, -0.1) is 0 Å². The van der Waals surface area contributed by atoms with E-state index in [2.05, 4.69) is 25.6 Å². The van der Waals surface area contributed by atoms with E-state index in [1.54, 1.807) is 0 Å². The molecule has 0 aromatic carbocycles. The quantitative estimate of drug-likeness (QED) is 0.0626. The van der Waals surface area contributed by atoms with Gasteiger partial charge in [0, 0.05) is 37.8 Å². The van der Waals surface area contributed by atoms with Gasteiger partial charge in [-0.3, -0.25) is 24.2 Å². The van der Waals surface area contributed by atoms with E-state index < -0.39 is 53.8 Å². The molecule has 0 saturated carbocycles. The molecule has 16 heteroatoms. The Morgan fingerprint density at radius 1 is 1.13 bits per heavy atom. The number of rotatable bonds is 15. The van der Waals surface area contributed by atoms with Crippen LogP contribution in [0.25, 0.3) is 0 Å². The number of imidazole rings is 1. The number of nitrogens with zero attached hydrogens (tertiary/aromatic N) is 3. The molecule has 38 heavy (non-hydrogen) atoms. The zero-order chi connectivity index (χ0) is 28.2. The first-order valence-corrected chi connectivity index (χ1v) is 12.2. The topological polar surface area (TPSA) is 278 Å². The molecule has 2 rings (SSSR count). The van der Waals surface area contributed by atoms with Gasteiger partial charge < -0.3 is 48.6 Å². The summed E-state index contributed by atoms with van der Waals surface area (Å²) in [4.78, 5) is 74.0. The number of carbonyl (C=O) groups is 5. The lowest BCUT2D eigenvalue weighted by atomic mass is 10.1. The third-order valence-corrected chi connectivity index (χ3v) is 6.03. The van der Waals surface area contributed by atoms with Crippen LogP contribution in [-0.2, 0) is 30.4 Å². The minimum Gasteiger partial charge on any atom is -0.480 e.